The van der Waals surface area contributed by atoms with Gasteiger partial charge in [0.05, 0.1) is 0 Å². The van der Waals surface area contributed by atoms with Gasteiger partial charge in [-0.2, -0.15) is 0 Å². The number of rotatable bonds is 3. The lowest BCUT2D eigenvalue weighted by atomic mass is 9.95. The second-order valence-corrected chi connectivity index (χ2v) is 5.01. The van der Waals surface area contributed by atoms with E-state index in [0.29, 0.717) is 0 Å². The number of hydrogen-bond donors (Lipinski definition) is 0. The monoisotopic (exact) mass is 206 g/mol. The van der Waals surface area contributed by atoms with Gasteiger partial charge in [0.25, 0.3) is 0 Å². The molecule has 0 N–H and O–H groups in total. The summed E-state index contributed by atoms with van der Waals surface area (Å²) in [5, 5.41) is 0. The molecule has 1 aliphatic rings. The Morgan fingerprint density at radius 3 is 3.00 bits per heavy atom. The van der Waals surface area contributed by atoms with Crippen molar-refractivity contribution in [3.63, 3.8) is 0 Å². The number of carbonyl (C=O) groups excluding carboxylic acids is 1. The van der Waals surface area contributed by atoms with Gasteiger partial charge >= 0.3 is 0 Å². The second kappa shape index (κ2) is 3.81. The third-order valence-electron chi connectivity index (χ3n) is 2.92. The van der Waals surface area contributed by atoms with E-state index in [1.807, 2.05) is 13.8 Å². The Morgan fingerprint density at radius 2 is 2.27 bits per heavy atom. The Labute approximate surface area is 90.7 Å². The molecular formula is C12H18N2O. The highest BCUT2D eigenvalue weighted by atomic mass is 16.1. The minimum atomic E-state index is -0.227. The van der Waals surface area contributed by atoms with Gasteiger partial charge in [0.2, 0.25) is 0 Å². The summed E-state index contributed by atoms with van der Waals surface area (Å²) in [6.45, 7) is 7.88. The molecule has 0 aromatic carbocycles. The zero-order chi connectivity index (χ0) is 10.9. The summed E-state index contributed by atoms with van der Waals surface area (Å²) in [7, 11) is 0. The number of nitrogens with zero attached hydrogens (tertiary/aromatic N) is 2. The molecule has 3 nitrogen and oxygen atoms in total. The highest BCUT2D eigenvalue weighted by molar-refractivity contribution is 5.58. The number of aldehydes is 1. The zero-order valence-electron chi connectivity index (χ0n) is 9.44. The molecule has 2 heterocycles. The Kier molecular flexibility index (Phi) is 2.65. The maximum absolute atomic E-state index is 10.9. The Hall–Kier alpha value is -1.09. The van der Waals surface area contributed by atoms with Gasteiger partial charge in [-0.05, 0) is 12.1 Å². The molecule has 0 atom stereocenters. The zero-order valence-corrected chi connectivity index (χ0v) is 9.44. The lowest BCUT2D eigenvalue weighted by Gasteiger charge is -2.32. The van der Waals surface area contributed by atoms with Gasteiger partial charge < -0.3 is 9.36 Å². The maximum atomic E-state index is 10.9. The van der Waals surface area contributed by atoms with Crippen molar-refractivity contribution in [3.05, 3.63) is 24.0 Å². The van der Waals surface area contributed by atoms with Crippen molar-refractivity contribution in [3.8, 4) is 0 Å². The van der Waals surface area contributed by atoms with Gasteiger partial charge in [-0.25, -0.2) is 0 Å². The van der Waals surface area contributed by atoms with Crippen molar-refractivity contribution >= 4 is 6.29 Å². The van der Waals surface area contributed by atoms with E-state index in [1.165, 1.54) is 5.69 Å². The van der Waals surface area contributed by atoms with Gasteiger partial charge in [0.15, 0.2) is 0 Å². The molecule has 0 bridgehead atoms. The van der Waals surface area contributed by atoms with Gasteiger partial charge in [0, 0.05) is 43.5 Å². The summed E-state index contributed by atoms with van der Waals surface area (Å²) >= 11 is 0. The molecule has 0 radical (unpaired) electrons. The van der Waals surface area contributed by atoms with Crippen molar-refractivity contribution in [2.24, 2.45) is 5.41 Å². The van der Waals surface area contributed by atoms with E-state index in [1.54, 1.807) is 0 Å². The van der Waals surface area contributed by atoms with Crippen molar-refractivity contribution in [2.45, 2.75) is 26.9 Å². The van der Waals surface area contributed by atoms with E-state index >= 15 is 0 Å². The average molecular weight is 206 g/mol. The highest BCUT2D eigenvalue weighted by Gasteiger charge is 2.23. The number of carbonyl (C=O) groups is 1. The standard InChI is InChI=1S/C12H18N2O/c1-12(2,10-15)9-13-6-7-14-5-3-4-11(14)8-13/h3-5,10H,6-9H2,1-2H3. The maximum Gasteiger partial charge on any atom is 0.126 e. The van der Waals surface area contributed by atoms with E-state index < -0.39 is 0 Å². The fourth-order valence-electron chi connectivity index (χ4n) is 2.12. The molecule has 1 aromatic heterocycles. The van der Waals surface area contributed by atoms with Gasteiger partial charge in [-0.15, -0.1) is 0 Å². The molecule has 15 heavy (non-hydrogen) atoms. The topological polar surface area (TPSA) is 25.2 Å². The fraction of sp³-hybridized carbons (Fsp3) is 0.583. The Morgan fingerprint density at radius 1 is 1.47 bits per heavy atom. The summed E-state index contributed by atoms with van der Waals surface area (Å²) in [5.74, 6) is 0. The van der Waals surface area contributed by atoms with Crippen LogP contribution in [0.2, 0.25) is 0 Å². The Balaban J connectivity index is 2.01. The lowest BCUT2D eigenvalue weighted by Crippen LogP contribution is -2.40. The molecule has 1 aromatic rings. The van der Waals surface area contributed by atoms with Gasteiger partial charge in [-0.1, -0.05) is 13.8 Å². The van der Waals surface area contributed by atoms with E-state index in [0.717, 1.165) is 32.5 Å². The van der Waals surface area contributed by atoms with Crippen LogP contribution in [0, 0.1) is 5.41 Å². The van der Waals surface area contributed by atoms with Crippen LogP contribution in [0.15, 0.2) is 18.3 Å². The minimum Gasteiger partial charge on any atom is -0.349 e. The molecule has 0 fully saturated rings. The summed E-state index contributed by atoms with van der Waals surface area (Å²) in [6.07, 6.45) is 3.18. The minimum absolute atomic E-state index is 0.227. The quantitative estimate of drug-likeness (QED) is 0.701. The van der Waals surface area contributed by atoms with Crippen LogP contribution >= 0.6 is 0 Å². The molecule has 0 saturated carbocycles. The van der Waals surface area contributed by atoms with Crippen LogP contribution in [-0.4, -0.2) is 28.8 Å². The van der Waals surface area contributed by atoms with Crippen molar-refractivity contribution in [1.29, 1.82) is 0 Å². The number of fused-ring (bicyclic) bond motifs is 1. The summed E-state index contributed by atoms with van der Waals surface area (Å²) in [6, 6.07) is 4.24. The molecular weight excluding hydrogens is 188 g/mol. The molecule has 0 saturated heterocycles. The van der Waals surface area contributed by atoms with E-state index in [-0.39, 0.29) is 5.41 Å². The van der Waals surface area contributed by atoms with Crippen molar-refractivity contribution in [1.82, 2.24) is 9.47 Å². The predicted molar refractivity (Wildman–Crippen MR) is 59.6 cm³/mol. The van der Waals surface area contributed by atoms with Crippen LogP contribution in [0.3, 0.4) is 0 Å². The van der Waals surface area contributed by atoms with Crippen LogP contribution in [0.5, 0.6) is 0 Å². The third kappa shape index (κ3) is 2.29. The van der Waals surface area contributed by atoms with Gasteiger partial charge in [0.1, 0.15) is 6.29 Å². The van der Waals surface area contributed by atoms with Crippen LogP contribution in [0.1, 0.15) is 19.5 Å². The molecule has 1 aliphatic heterocycles. The SMILES string of the molecule is CC(C)(C=O)CN1CCn2cccc2C1. The summed E-state index contributed by atoms with van der Waals surface area (Å²) < 4.78 is 2.28. The first-order valence-corrected chi connectivity index (χ1v) is 5.43. The molecule has 82 valence electrons. The predicted octanol–water partition coefficient (Wildman–Crippen LogP) is 1.53. The second-order valence-electron chi connectivity index (χ2n) is 5.01. The first-order chi connectivity index (χ1) is 7.11. The molecule has 0 spiro atoms. The first kappa shape index (κ1) is 10.4. The number of hydrogen-bond acceptors (Lipinski definition) is 2. The lowest BCUT2D eigenvalue weighted by molar-refractivity contribution is -0.115. The van der Waals surface area contributed by atoms with E-state index in [2.05, 4.69) is 27.8 Å². The normalized spacial score (nSPS) is 17.5. The fourth-order valence-corrected chi connectivity index (χ4v) is 2.12. The highest BCUT2D eigenvalue weighted by Crippen LogP contribution is 2.18. The number of aromatic nitrogens is 1. The largest absolute Gasteiger partial charge is 0.349 e. The van der Waals surface area contributed by atoms with Crippen molar-refractivity contribution < 1.29 is 4.79 Å². The average Bonchev–Trinajstić information content (AvgIpc) is 2.64. The molecule has 3 heteroatoms. The van der Waals surface area contributed by atoms with Crippen LogP contribution in [0.25, 0.3) is 0 Å². The molecule has 0 unspecified atom stereocenters. The van der Waals surface area contributed by atoms with Crippen LogP contribution < -0.4 is 0 Å². The molecule has 0 amide bonds. The van der Waals surface area contributed by atoms with Crippen LogP contribution in [-0.2, 0) is 17.9 Å². The van der Waals surface area contributed by atoms with Crippen molar-refractivity contribution in [2.75, 3.05) is 13.1 Å². The van der Waals surface area contributed by atoms with Crippen LogP contribution in [0.4, 0.5) is 0 Å². The first-order valence-electron chi connectivity index (χ1n) is 5.43. The third-order valence-corrected chi connectivity index (χ3v) is 2.92. The Bertz CT molecular complexity index is 354. The smallest absolute Gasteiger partial charge is 0.126 e. The molecule has 2 rings (SSSR count). The van der Waals surface area contributed by atoms with Gasteiger partial charge in [-0.3, -0.25) is 4.90 Å². The summed E-state index contributed by atoms with van der Waals surface area (Å²) in [5.41, 5.74) is 1.12. The summed E-state index contributed by atoms with van der Waals surface area (Å²) in [4.78, 5) is 13.2. The molecule has 0 aliphatic carbocycles. The van der Waals surface area contributed by atoms with E-state index in [4.69, 9.17) is 0 Å². The van der Waals surface area contributed by atoms with E-state index in [9.17, 15) is 4.79 Å².